The normalized spacial score (nSPS) is 10.4. The number of carbonyl (C=O) groups excluding carboxylic acids is 2. The van der Waals surface area contributed by atoms with E-state index in [0.29, 0.717) is 11.3 Å². The lowest BCUT2D eigenvalue weighted by Gasteiger charge is -2.10. The third kappa shape index (κ3) is 4.16. The highest BCUT2D eigenvalue weighted by Crippen LogP contribution is 2.18. The van der Waals surface area contributed by atoms with E-state index in [4.69, 9.17) is 4.42 Å². The van der Waals surface area contributed by atoms with Gasteiger partial charge in [0, 0.05) is 17.8 Å². The maximum atomic E-state index is 12.9. The van der Waals surface area contributed by atoms with Crippen molar-refractivity contribution in [3.05, 3.63) is 89.1 Å². The average Bonchev–Trinajstić information content (AvgIpc) is 3.17. The monoisotopic (exact) mass is 352 g/mol. The number of anilines is 1. The molecule has 132 valence electrons. The van der Waals surface area contributed by atoms with Gasteiger partial charge in [0.05, 0.1) is 6.26 Å². The molecular formula is C20H17FN2O3. The smallest absolute Gasteiger partial charge is 0.291 e. The lowest BCUT2D eigenvalue weighted by atomic mass is 10.1. The molecule has 3 aromatic rings. The van der Waals surface area contributed by atoms with Crippen LogP contribution in [0.4, 0.5) is 10.1 Å². The van der Waals surface area contributed by atoms with Gasteiger partial charge in [-0.25, -0.2) is 4.39 Å². The highest BCUT2D eigenvalue weighted by atomic mass is 19.1. The van der Waals surface area contributed by atoms with E-state index in [1.54, 1.807) is 42.5 Å². The summed E-state index contributed by atoms with van der Waals surface area (Å²) in [5.74, 6) is -0.809. The molecule has 0 fully saturated rings. The van der Waals surface area contributed by atoms with Crippen molar-refractivity contribution in [2.75, 3.05) is 5.32 Å². The summed E-state index contributed by atoms with van der Waals surface area (Å²) in [6.45, 7) is 2.11. The summed E-state index contributed by atoms with van der Waals surface area (Å²) < 4.78 is 18.0. The van der Waals surface area contributed by atoms with Crippen molar-refractivity contribution in [2.24, 2.45) is 0 Å². The molecule has 26 heavy (non-hydrogen) atoms. The molecule has 3 rings (SSSR count). The van der Waals surface area contributed by atoms with Gasteiger partial charge in [-0.1, -0.05) is 18.2 Å². The Balaban J connectivity index is 1.68. The quantitative estimate of drug-likeness (QED) is 0.731. The molecule has 0 saturated heterocycles. The Kier molecular flexibility index (Phi) is 5.12. The summed E-state index contributed by atoms with van der Waals surface area (Å²) >= 11 is 0. The molecule has 1 aromatic heterocycles. The largest absolute Gasteiger partial charge is 0.459 e. The molecule has 0 atom stereocenters. The first-order chi connectivity index (χ1) is 12.5. The van der Waals surface area contributed by atoms with Gasteiger partial charge in [-0.3, -0.25) is 9.59 Å². The van der Waals surface area contributed by atoms with Crippen LogP contribution in [0.2, 0.25) is 0 Å². The second-order valence-electron chi connectivity index (χ2n) is 5.77. The molecule has 0 bridgehead atoms. The fourth-order valence-electron chi connectivity index (χ4n) is 2.38. The van der Waals surface area contributed by atoms with E-state index in [1.165, 1.54) is 18.4 Å². The maximum absolute atomic E-state index is 12.9. The zero-order chi connectivity index (χ0) is 18.5. The number of amides is 2. The molecule has 0 spiro atoms. The molecule has 2 amide bonds. The van der Waals surface area contributed by atoms with Gasteiger partial charge in [-0.05, 0) is 54.4 Å². The zero-order valence-electron chi connectivity index (χ0n) is 14.1. The van der Waals surface area contributed by atoms with Crippen molar-refractivity contribution < 1.29 is 18.4 Å². The predicted molar refractivity (Wildman–Crippen MR) is 95.4 cm³/mol. The minimum atomic E-state index is -0.387. The summed E-state index contributed by atoms with van der Waals surface area (Å²) in [5.41, 5.74) is 2.55. The first-order valence-corrected chi connectivity index (χ1v) is 8.01. The molecule has 0 radical (unpaired) electrons. The second kappa shape index (κ2) is 7.65. The highest BCUT2D eigenvalue weighted by Gasteiger charge is 2.13. The van der Waals surface area contributed by atoms with E-state index < -0.39 is 0 Å². The number of carbonyl (C=O) groups is 2. The van der Waals surface area contributed by atoms with E-state index in [2.05, 4.69) is 10.6 Å². The van der Waals surface area contributed by atoms with Crippen LogP contribution in [0.25, 0.3) is 0 Å². The summed E-state index contributed by atoms with van der Waals surface area (Å²) in [5, 5.41) is 5.50. The van der Waals surface area contributed by atoms with Crippen molar-refractivity contribution in [3.8, 4) is 0 Å². The van der Waals surface area contributed by atoms with E-state index in [1.807, 2.05) is 6.92 Å². The van der Waals surface area contributed by atoms with E-state index in [0.717, 1.165) is 11.1 Å². The van der Waals surface area contributed by atoms with Gasteiger partial charge in [0.2, 0.25) is 0 Å². The fourth-order valence-corrected chi connectivity index (χ4v) is 2.38. The first-order valence-electron chi connectivity index (χ1n) is 8.01. The van der Waals surface area contributed by atoms with Gasteiger partial charge < -0.3 is 15.1 Å². The number of furan rings is 1. The molecular weight excluding hydrogens is 335 g/mol. The number of hydrogen-bond acceptors (Lipinski definition) is 3. The molecule has 0 aliphatic rings. The van der Waals surface area contributed by atoms with Crippen LogP contribution in [0.5, 0.6) is 0 Å². The topological polar surface area (TPSA) is 71.3 Å². The Morgan fingerprint density at radius 1 is 1.04 bits per heavy atom. The Morgan fingerprint density at radius 3 is 2.50 bits per heavy atom. The fraction of sp³-hybridized carbons (Fsp3) is 0.100. The number of benzene rings is 2. The van der Waals surface area contributed by atoms with Gasteiger partial charge in [0.25, 0.3) is 11.8 Å². The molecule has 0 saturated carbocycles. The Morgan fingerprint density at radius 2 is 1.81 bits per heavy atom. The number of hydrogen-bond donors (Lipinski definition) is 2. The predicted octanol–water partition coefficient (Wildman–Crippen LogP) is 3.91. The van der Waals surface area contributed by atoms with E-state index >= 15 is 0 Å². The van der Waals surface area contributed by atoms with Crippen LogP contribution in [0.15, 0.2) is 65.3 Å². The summed E-state index contributed by atoms with van der Waals surface area (Å²) in [6.07, 6.45) is 1.42. The Hall–Kier alpha value is -3.41. The van der Waals surface area contributed by atoms with Crippen molar-refractivity contribution in [1.82, 2.24) is 5.32 Å². The van der Waals surface area contributed by atoms with Crippen molar-refractivity contribution in [2.45, 2.75) is 13.5 Å². The minimum Gasteiger partial charge on any atom is -0.459 e. The standard InChI is InChI=1S/C20H17FN2O3/c1-13-4-7-15(11-17(13)23-20(25)18-3-2-10-26-18)19(24)22-12-14-5-8-16(21)9-6-14/h2-11H,12H2,1H3,(H,22,24)(H,23,25). The zero-order valence-corrected chi connectivity index (χ0v) is 14.1. The molecule has 6 heteroatoms. The van der Waals surface area contributed by atoms with Crippen LogP contribution in [0, 0.1) is 12.7 Å². The van der Waals surface area contributed by atoms with Gasteiger partial charge >= 0.3 is 0 Å². The molecule has 0 unspecified atom stereocenters. The second-order valence-corrected chi connectivity index (χ2v) is 5.77. The summed E-state index contributed by atoms with van der Waals surface area (Å²) in [4.78, 5) is 24.5. The lowest BCUT2D eigenvalue weighted by Crippen LogP contribution is -2.23. The molecule has 5 nitrogen and oxygen atoms in total. The molecule has 2 N–H and O–H groups in total. The minimum absolute atomic E-state index is 0.190. The van der Waals surface area contributed by atoms with Crippen molar-refractivity contribution in [1.29, 1.82) is 0 Å². The van der Waals surface area contributed by atoms with Crippen LogP contribution in [0.3, 0.4) is 0 Å². The van der Waals surface area contributed by atoms with Gasteiger partial charge in [-0.15, -0.1) is 0 Å². The third-order valence-electron chi connectivity index (χ3n) is 3.86. The average molecular weight is 352 g/mol. The van der Waals surface area contributed by atoms with Crippen LogP contribution in [0.1, 0.15) is 32.0 Å². The van der Waals surface area contributed by atoms with Gasteiger partial charge in [0.1, 0.15) is 5.82 Å². The SMILES string of the molecule is Cc1ccc(C(=O)NCc2ccc(F)cc2)cc1NC(=O)c1ccco1. The maximum Gasteiger partial charge on any atom is 0.291 e. The Bertz CT molecular complexity index is 919. The van der Waals surface area contributed by atoms with Crippen molar-refractivity contribution >= 4 is 17.5 Å². The number of aryl methyl sites for hydroxylation is 1. The lowest BCUT2D eigenvalue weighted by molar-refractivity contribution is 0.0949. The third-order valence-corrected chi connectivity index (χ3v) is 3.86. The number of nitrogens with one attached hydrogen (secondary N) is 2. The summed E-state index contributed by atoms with van der Waals surface area (Å²) in [7, 11) is 0. The molecule has 0 aliphatic heterocycles. The van der Waals surface area contributed by atoms with Crippen LogP contribution >= 0.6 is 0 Å². The van der Waals surface area contributed by atoms with E-state index in [-0.39, 0.29) is 29.9 Å². The summed E-state index contributed by atoms with van der Waals surface area (Å²) in [6, 6.07) is 14.1. The Labute approximate surface area is 149 Å². The molecule has 2 aromatic carbocycles. The molecule has 0 aliphatic carbocycles. The first kappa shape index (κ1) is 17.4. The highest BCUT2D eigenvalue weighted by molar-refractivity contribution is 6.03. The number of halogens is 1. The van der Waals surface area contributed by atoms with Crippen LogP contribution in [-0.4, -0.2) is 11.8 Å². The van der Waals surface area contributed by atoms with Crippen molar-refractivity contribution in [3.63, 3.8) is 0 Å². The van der Waals surface area contributed by atoms with Crippen LogP contribution in [-0.2, 0) is 6.54 Å². The van der Waals surface area contributed by atoms with Crippen LogP contribution < -0.4 is 10.6 Å². The van der Waals surface area contributed by atoms with Gasteiger partial charge in [0.15, 0.2) is 5.76 Å². The number of rotatable bonds is 5. The van der Waals surface area contributed by atoms with E-state index in [9.17, 15) is 14.0 Å². The molecule has 1 heterocycles. The van der Waals surface area contributed by atoms with Gasteiger partial charge in [-0.2, -0.15) is 0 Å².